The molecule has 122 valence electrons. The van der Waals surface area contributed by atoms with E-state index in [4.69, 9.17) is 37.6 Å². The Bertz CT molecular complexity index is 382. The predicted molar refractivity (Wildman–Crippen MR) is 71.4 cm³/mol. The summed E-state index contributed by atoms with van der Waals surface area (Å²) in [6.45, 7) is 0.420. The van der Waals surface area contributed by atoms with E-state index in [-0.39, 0.29) is 5.96 Å². The molecule has 0 aromatic carbocycles. The van der Waals surface area contributed by atoms with Gasteiger partial charge >= 0.3 is 17.9 Å². The van der Waals surface area contributed by atoms with Crippen LogP contribution in [0.3, 0.4) is 0 Å². The first kappa shape index (κ1) is 20.9. The standard InChI is InChI=1S/C6H14N4O2.C4H6O5/c7-4(5(11)12)2-1-3-10-6(8)9;5-2(4(8)9)1-3(6)7/h4H,1-3,7H2,(H,11,12)(H4,8,9,10);2,5H,1H2,(H,6,7)(H,8,9)/t4-;2-/m10/s1. The first-order valence-corrected chi connectivity index (χ1v) is 5.74. The number of aliphatic carboxylic acids is 3. The van der Waals surface area contributed by atoms with Gasteiger partial charge in [0.2, 0.25) is 0 Å². The summed E-state index contributed by atoms with van der Waals surface area (Å²) in [7, 11) is 0. The molecule has 0 saturated carbocycles. The molecule has 0 radical (unpaired) electrons. The Hall–Kier alpha value is -2.40. The Labute approximate surface area is 120 Å². The van der Waals surface area contributed by atoms with Gasteiger partial charge < -0.3 is 37.6 Å². The Morgan fingerprint density at radius 1 is 1.05 bits per heavy atom. The summed E-state index contributed by atoms with van der Waals surface area (Å²) in [5, 5.41) is 32.5. The van der Waals surface area contributed by atoms with Gasteiger partial charge in [-0.15, -0.1) is 0 Å². The lowest BCUT2D eigenvalue weighted by molar-refractivity contribution is -0.152. The molecule has 0 heterocycles. The third-order valence-electron chi connectivity index (χ3n) is 1.94. The van der Waals surface area contributed by atoms with Crippen LogP contribution in [0.1, 0.15) is 19.3 Å². The van der Waals surface area contributed by atoms with Crippen molar-refractivity contribution < 1.29 is 34.8 Å². The predicted octanol–water partition coefficient (Wildman–Crippen LogP) is -2.64. The Morgan fingerprint density at radius 3 is 1.86 bits per heavy atom. The maximum atomic E-state index is 10.2. The van der Waals surface area contributed by atoms with Gasteiger partial charge in [-0.3, -0.25) is 14.6 Å². The lowest BCUT2D eigenvalue weighted by atomic mass is 10.2. The summed E-state index contributed by atoms with van der Waals surface area (Å²) >= 11 is 0. The number of hydrogen-bond donors (Lipinski definition) is 7. The van der Waals surface area contributed by atoms with Gasteiger partial charge in [-0.25, -0.2) is 4.79 Å². The van der Waals surface area contributed by atoms with Crippen molar-refractivity contribution in [2.24, 2.45) is 22.2 Å². The van der Waals surface area contributed by atoms with E-state index in [0.29, 0.717) is 19.4 Å². The van der Waals surface area contributed by atoms with Gasteiger partial charge in [0, 0.05) is 6.54 Å². The number of hydrogen-bond acceptors (Lipinski definition) is 6. The molecular formula is C10H20N4O7. The maximum absolute atomic E-state index is 10.2. The lowest BCUT2D eigenvalue weighted by Gasteiger charge is -2.03. The first-order valence-electron chi connectivity index (χ1n) is 5.74. The summed E-state index contributed by atoms with van der Waals surface area (Å²) in [6, 6.07) is -0.820. The number of nitrogens with zero attached hydrogens (tertiary/aromatic N) is 1. The van der Waals surface area contributed by atoms with E-state index in [1.165, 1.54) is 0 Å². The summed E-state index contributed by atoms with van der Waals surface area (Å²) < 4.78 is 0. The van der Waals surface area contributed by atoms with E-state index in [1.54, 1.807) is 0 Å². The van der Waals surface area contributed by atoms with Gasteiger partial charge in [0.1, 0.15) is 6.04 Å². The Balaban J connectivity index is 0. The van der Waals surface area contributed by atoms with Crippen LogP contribution >= 0.6 is 0 Å². The van der Waals surface area contributed by atoms with Crippen LogP contribution in [0.15, 0.2) is 4.99 Å². The summed E-state index contributed by atoms with van der Waals surface area (Å²) in [6.07, 6.45) is -1.59. The second-order valence-electron chi connectivity index (χ2n) is 3.85. The number of carboxylic acids is 3. The van der Waals surface area contributed by atoms with Crippen molar-refractivity contribution in [3.63, 3.8) is 0 Å². The average molecular weight is 308 g/mol. The van der Waals surface area contributed by atoms with Crippen LogP contribution in [0.5, 0.6) is 0 Å². The van der Waals surface area contributed by atoms with Gasteiger partial charge in [0.15, 0.2) is 12.1 Å². The van der Waals surface area contributed by atoms with Crippen molar-refractivity contribution >= 4 is 23.9 Å². The molecule has 0 aliphatic carbocycles. The number of aliphatic hydroxyl groups is 1. The number of nitrogens with two attached hydrogens (primary N) is 3. The molecule has 0 saturated heterocycles. The zero-order chi connectivity index (χ0) is 17.0. The normalized spacial score (nSPS) is 12.3. The minimum atomic E-state index is -1.79. The van der Waals surface area contributed by atoms with Crippen LogP contribution in [-0.4, -0.2) is 63.0 Å². The molecule has 0 rings (SSSR count). The molecule has 0 amide bonds. The molecule has 0 aromatic rings. The molecule has 0 aromatic heterocycles. The van der Waals surface area contributed by atoms with Crippen LogP contribution in [0.25, 0.3) is 0 Å². The van der Waals surface area contributed by atoms with Crippen molar-refractivity contribution in [1.29, 1.82) is 0 Å². The largest absolute Gasteiger partial charge is 0.481 e. The molecule has 11 nitrogen and oxygen atoms in total. The van der Waals surface area contributed by atoms with Crippen molar-refractivity contribution in [2.75, 3.05) is 6.54 Å². The number of guanidine groups is 1. The molecule has 2 atom stereocenters. The highest BCUT2D eigenvalue weighted by Crippen LogP contribution is 1.94. The zero-order valence-electron chi connectivity index (χ0n) is 11.2. The first-order chi connectivity index (χ1) is 9.57. The Morgan fingerprint density at radius 2 is 1.57 bits per heavy atom. The van der Waals surface area contributed by atoms with E-state index in [0.717, 1.165) is 0 Å². The van der Waals surface area contributed by atoms with Gasteiger partial charge in [0.05, 0.1) is 6.42 Å². The molecule has 10 N–H and O–H groups in total. The second-order valence-corrected chi connectivity index (χ2v) is 3.85. The average Bonchev–Trinajstić information content (AvgIpc) is 2.33. The Kier molecular flexibility index (Phi) is 11.4. The summed E-state index contributed by atoms with van der Waals surface area (Å²) in [4.78, 5) is 33.3. The van der Waals surface area contributed by atoms with Crippen LogP contribution in [-0.2, 0) is 14.4 Å². The summed E-state index contributed by atoms with van der Waals surface area (Å²) in [5.41, 5.74) is 15.3. The van der Waals surface area contributed by atoms with E-state index < -0.39 is 36.5 Å². The van der Waals surface area contributed by atoms with Crippen LogP contribution < -0.4 is 17.2 Å². The van der Waals surface area contributed by atoms with Crippen molar-refractivity contribution in [1.82, 2.24) is 0 Å². The molecule has 0 aliphatic rings. The van der Waals surface area contributed by atoms with Gasteiger partial charge in [-0.05, 0) is 12.8 Å². The minimum Gasteiger partial charge on any atom is -0.481 e. The van der Waals surface area contributed by atoms with Crippen LogP contribution in [0.2, 0.25) is 0 Å². The molecule has 0 unspecified atom stereocenters. The van der Waals surface area contributed by atoms with Crippen molar-refractivity contribution in [3.05, 3.63) is 0 Å². The third kappa shape index (κ3) is 15.5. The number of aliphatic hydroxyl groups excluding tert-OH is 1. The van der Waals surface area contributed by atoms with E-state index in [1.807, 2.05) is 0 Å². The minimum absolute atomic E-state index is 0.0129. The van der Waals surface area contributed by atoms with Crippen LogP contribution in [0.4, 0.5) is 0 Å². The van der Waals surface area contributed by atoms with Crippen LogP contribution in [0, 0.1) is 0 Å². The lowest BCUT2D eigenvalue weighted by Crippen LogP contribution is -2.30. The third-order valence-corrected chi connectivity index (χ3v) is 1.94. The number of carbonyl (C=O) groups is 3. The monoisotopic (exact) mass is 308 g/mol. The molecule has 0 fully saturated rings. The van der Waals surface area contributed by atoms with E-state index >= 15 is 0 Å². The second kappa shape index (κ2) is 11.4. The van der Waals surface area contributed by atoms with E-state index in [2.05, 4.69) is 4.99 Å². The highest BCUT2D eigenvalue weighted by Gasteiger charge is 2.16. The fourth-order valence-electron chi connectivity index (χ4n) is 0.896. The topological polar surface area (TPSA) is 223 Å². The zero-order valence-corrected chi connectivity index (χ0v) is 11.2. The fourth-order valence-corrected chi connectivity index (χ4v) is 0.896. The highest BCUT2D eigenvalue weighted by molar-refractivity contribution is 5.79. The molecule has 0 aliphatic heterocycles. The van der Waals surface area contributed by atoms with Gasteiger partial charge in [-0.2, -0.15) is 0 Å². The van der Waals surface area contributed by atoms with Crippen molar-refractivity contribution in [3.8, 4) is 0 Å². The SMILES string of the molecule is NC(N)=NCCC[C@@H](N)C(=O)O.O=C(O)C[C@H](O)C(=O)O. The molecule has 0 bridgehead atoms. The smallest absolute Gasteiger partial charge is 0.333 e. The van der Waals surface area contributed by atoms with Gasteiger partial charge in [0.25, 0.3) is 0 Å². The molecular weight excluding hydrogens is 288 g/mol. The molecule has 21 heavy (non-hydrogen) atoms. The number of aliphatic imine (C=N–C) groups is 1. The molecule has 11 heteroatoms. The molecule has 0 spiro atoms. The van der Waals surface area contributed by atoms with E-state index in [9.17, 15) is 14.4 Å². The quantitative estimate of drug-likeness (QED) is 0.140. The number of carboxylic acid groups (broad SMARTS) is 3. The number of rotatable bonds is 8. The summed E-state index contributed by atoms with van der Waals surface area (Å²) in [5.74, 6) is -3.83. The van der Waals surface area contributed by atoms with Gasteiger partial charge in [-0.1, -0.05) is 0 Å². The fraction of sp³-hybridized carbons (Fsp3) is 0.600. The van der Waals surface area contributed by atoms with Crippen molar-refractivity contribution in [2.45, 2.75) is 31.4 Å². The maximum Gasteiger partial charge on any atom is 0.333 e. The highest BCUT2D eigenvalue weighted by atomic mass is 16.4.